The maximum absolute atomic E-state index is 2.73. The van der Waals surface area contributed by atoms with Gasteiger partial charge in [-0.1, -0.05) is 169 Å². The first kappa shape index (κ1) is 31.1. The first-order valence-corrected chi connectivity index (χ1v) is 22.5. The Morgan fingerprint density at radius 3 is 1.32 bits per heavy atom. The maximum atomic E-state index is 2.73. The number of para-hydroxylation sites is 2. The molecule has 2 nitrogen and oxygen atoms in total. The zero-order valence-electron chi connectivity index (χ0n) is 32.0. The van der Waals surface area contributed by atoms with E-state index in [0.717, 1.165) is 0 Å². The summed E-state index contributed by atoms with van der Waals surface area (Å²) in [5.74, 6) is 0. The second kappa shape index (κ2) is 10.7. The molecule has 0 fully saturated rings. The fourth-order valence-electron chi connectivity index (χ4n) is 12.1. The minimum absolute atomic E-state index is 0.0495. The van der Waals surface area contributed by atoms with Crippen molar-refractivity contribution in [2.75, 3.05) is 0 Å². The van der Waals surface area contributed by atoms with Crippen molar-refractivity contribution in [3.8, 4) is 33.4 Å². The van der Waals surface area contributed by atoms with Crippen molar-refractivity contribution in [3.05, 3.63) is 170 Å². The summed E-state index contributed by atoms with van der Waals surface area (Å²) in [5, 5.41) is 5.47. The highest BCUT2D eigenvalue weighted by atomic mass is 32.1. The molecule has 0 N–H and O–H groups in total. The summed E-state index contributed by atoms with van der Waals surface area (Å²) in [6.07, 6.45) is 0. The molecule has 0 bridgehead atoms. The second-order valence-electron chi connectivity index (χ2n) is 17.1. The van der Waals surface area contributed by atoms with E-state index in [1.54, 1.807) is 0 Å². The minimum Gasteiger partial charge on any atom is -0.307 e. The molecule has 0 unspecified atom stereocenters. The van der Waals surface area contributed by atoms with Crippen molar-refractivity contribution in [2.24, 2.45) is 0 Å². The highest BCUT2D eigenvalue weighted by Crippen LogP contribution is 2.47. The largest absolute Gasteiger partial charge is 0.307 e. The number of aromatic nitrogens is 2. The van der Waals surface area contributed by atoms with Crippen LogP contribution in [-0.4, -0.2) is 22.2 Å². The fourth-order valence-corrected chi connectivity index (χ4v) is 14.7. The normalized spacial score (nSPS) is 13.3. The van der Waals surface area contributed by atoms with Crippen molar-refractivity contribution in [1.29, 1.82) is 0 Å². The molecule has 13 aromatic rings. The van der Waals surface area contributed by atoms with Gasteiger partial charge in [0.1, 0.15) is 0 Å². The van der Waals surface area contributed by atoms with Crippen LogP contribution in [0.5, 0.6) is 0 Å². The van der Waals surface area contributed by atoms with Gasteiger partial charge < -0.3 is 8.80 Å². The number of hydrogen-bond donors (Lipinski definition) is 0. The van der Waals surface area contributed by atoms with Gasteiger partial charge in [0.2, 0.25) is 6.71 Å². The lowest BCUT2D eigenvalue weighted by molar-refractivity contribution is 1.34. The van der Waals surface area contributed by atoms with E-state index in [-0.39, 0.29) is 13.4 Å². The predicted octanol–water partition coefficient (Wildman–Crippen LogP) is 10.2. The number of nitrogens with zero attached hydrogens (tertiary/aromatic N) is 2. The maximum Gasteiger partial charge on any atom is 0.253 e. The highest BCUT2D eigenvalue weighted by molar-refractivity contribution is 7.31. The molecular weight excluding hydrogens is 762 g/mol. The SMILES string of the molecule is c1ccc(-c2cccc(B(c3cccc(-c4ccccc4)c3)c3c4sc5cccc6c7ccc8c9c7n(c4c4c7c3sc3cccc%10c%11ccc-8c(c%11n7c3%10)B49)c56)c2)cc1. The Hall–Kier alpha value is -6.85. The van der Waals surface area contributed by atoms with E-state index in [9.17, 15) is 0 Å². The third kappa shape index (κ3) is 3.52. The van der Waals surface area contributed by atoms with Gasteiger partial charge in [0, 0.05) is 30.9 Å². The van der Waals surface area contributed by atoms with Crippen LogP contribution in [0.3, 0.4) is 0 Å². The van der Waals surface area contributed by atoms with E-state index >= 15 is 0 Å². The van der Waals surface area contributed by atoms with Crippen LogP contribution >= 0.6 is 22.7 Å². The van der Waals surface area contributed by atoms with Gasteiger partial charge in [0.05, 0.1) is 42.5 Å². The zero-order chi connectivity index (χ0) is 38.5. The Bertz CT molecular complexity index is 3870. The van der Waals surface area contributed by atoms with Crippen LogP contribution in [0.25, 0.3) is 107 Å². The lowest BCUT2D eigenvalue weighted by atomic mass is 9.34. The molecule has 0 amide bonds. The molecular formula is C54H28B2N2S2. The van der Waals surface area contributed by atoms with Gasteiger partial charge in [-0.25, -0.2) is 0 Å². The smallest absolute Gasteiger partial charge is 0.253 e. The van der Waals surface area contributed by atoms with E-state index in [0.29, 0.717) is 0 Å². The molecule has 9 aromatic carbocycles. The Kier molecular flexibility index (Phi) is 5.53. The molecule has 3 aliphatic heterocycles. The van der Waals surface area contributed by atoms with Gasteiger partial charge in [-0.2, -0.15) is 0 Å². The summed E-state index contributed by atoms with van der Waals surface area (Å²) < 4.78 is 10.9. The van der Waals surface area contributed by atoms with E-state index in [1.807, 2.05) is 22.7 Å². The number of hydrogen-bond acceptors (Lipinski definition) is 2. The third-order valence-electron chi connectivity index (χ3n) is 14.3. The Morgan fingerprint density at radius 1 is 0.367 bits per heavy atom. The Morgan fingerprint density at radius 2 is 0.817 bits per heavy atom. The van der Waals surface area contributed by atoms with Crippen LogP contribution in [0.15, 0.2) is 170 Å². The van der Waals surface area contributed by atoms with Crippen molar-refractivity contribution in [1.82, 2.24) is 8.80 Å². The third-order valence-corrected chi connectivity index (χ3v) is 16.6. The first-order valence-electron chi connectivity index (χ1n) is 20.9. The Labute approximate surface area is 352 Å². The number of benzene rings is 9. The van der Waals surface area contributed by atoms with Crippen LogP contribution in [0, 0.1) is 0 Å². The summed E-state index contributed by atoms with van der Waals surface area (Å²) in [7, 11) is 0. The molecule has 6 heteroatoms. The average Bonchev–Trinajstić information content (AvgIpc) is 3.96. The lowest BCUT2D eigenvalue weighted by Gasteiger charge is -2.30. The molecule has 7 heterocycles. The van der Waals surface area contributed by atoms with E-state index < -0.39 is 0 Å². The number of fused-ring (bicyclic) bond motifs is 3. The molecule has 0 radical (unpaired) electrons. The van der Waals surface area contributed by atoms with Crippen molar-refractivity contribution < 1.29 is 0 Å². The molecule has 4 aromatic heterocycles. The second-order valence-corrected chi connectivity index (χ2v) is 19.2. The van der Waals surface area contributed by atoms with Gasteiger partial charge >= 0.3 is 0 Å². The van der Waals surface area contributed by atoms with Crippen molar-refractivity contribution >= 4 is 142 Å². The van der Waals surface area contributed by atoms with Gasteiger partial charge in [-0.3, -0.25) is 0 Å². The quantitative estimate of drug-likeness (QED) is 0.121. The molecule has 3 aliphatic rings. The van der Waals surface area contributed by atoms with Crippen LogP contribution in [-0.2, 0) is 0 Å². The van der Waals surface area contributed by atoms with Crippen LogP contribution in [0.2, 0.25) is 0 Å². The summed E-state index contributed by atoms with van der Waals surface area (Å²) >= 11 is 4.03. The van der Waals surface area contributed by atoms with E-state index in [4.69, 9.17) is 0 Å². The van der Waals surface area contributed by atoms with Crippen LogP contribution in [0.1, 0.15) is 0 Å². The zero-order valence-corrected chi connectivity index (χ0v) is 33.7. The highest BCUT2D eigenvalue weighted by Gasteiger charge is 2.47. The van der Waals surface area contributed by atoms with Gasteiger partial charge in [-0.15, -0.1) is 22.7 Å². The average molecular weight is 791 g/mol. The van der Waals surface area contributed by atoms with Gasteiger partial charge in [-0.05, 0) is 67.4 Å². The molecule has 16 rings (SSSR count). The molecule has 0 saturated heterocycles. The van der Waals surface area contributed by atoms with Crippen LogP contribution in [0.4, 0.5) is 0 Å². The first-order chi connectivity index (χ1) is 29.8. The summed E-state index contributed by atoms with van der Waals surface area (Å²) in [6.45, 7) is 0.143. The fraction of sp³-hybridized carbons (Fsp3) is 0. The molecule has 0 atom stereocenters. The predicted molar refractivity (Wildman–Crippen MR) is 261 cm³/mol. The lowest BCUT2D eigenvalue weighted by Crippen LogP contribution is -2.57. The summed E-state index contributed by atoms with van der Waals surface area (Å²) in [6, 6.07) is 64.4. The van der Waals surface area contributed by atoms with E-state index in [1.165, 1.54) is 140 Å². The standard InChI is InChI=1S/C54H28B2N2S2/c1-3-11-29(12-4-1)31-15-7-17-33(27-31)55(34-18-8-16-32(28-34)30-13-5-2-6-14-30)46-53-51-45-52-54(46)60-42-22-10-20-38-40-26-24-36-35-23-25-39-37-19-9-21-41(59-53)47(37)57(51)49(39)43(35)56(45)44(36)50(40)58(52)48(38)42/h1-28H. The molecule has 0 spiro atoms. The summed E-state index contributed by atoms with van der Waals surface area (Å²) in [5.41, 5.74) is 24.7. The topological polar surface area (TPSA) is 8.82 Å². The van der Waals surface area contributed by atoms with Gasteiger partial charge in [0.25, 0.3) is 6.71 Å². The molecule has 60 heavy (non-hydrogen) atoms. The van der Waals surface area contributed by atoms with Gasteiger partial charge in [0.15, 0.2) is 0 Å². The molecule has 272 valence electrons. The minimum atomic E-state index is -0.0495. The Balaban J connectivity index is 1.17. The summed E-state index contributed by atoms with van der Waals surface area (Å²) in [4.78, 5) is 0. The molecule has 0 aliphatic carbocycles. The number of rotatable bonds is 5. The van der Waals surface area contributed by atoms with Crippen molar-refractivity contribution in [3.63, 3.8) is 0 Å². The molecule has 0 saturated carbocycles. The van der Waals surface area contributed by atoms with E-state index in [2.05, 4.69) is 179 Å². The monoisotopic (exact) mass is 790 g/mol. The van der Waals surface area contributed by atoms with Crippen LogP contribution < -0.4 is 32.8 Å². The van der Waals surface area contributed by atoms with Crippen molar-refractivity contribution in [2.45, 2.75) is 0 Å².